The van der Waals surface area contributed by atoms with Gasteiger partial charge in [0.1, 0.15) is 11.0 Å². The van der Waals surface area contributed by atoms with E-state index in [9.17, 15) is 14.7 Å². The Morgan fingerprint density at radius 2 is 2.03 bits per heavy atom. The van der Waals surface area contributed by atoms with Gasteiger partial charge in [0.05, 0.1) is 47.8 Å². The number of ether oxygens (including phenoxy) is 1. The summed E-state index contributed by atoms with van der Waals surface area (Å²) in [6.45, 7) is 2.02. The first-order valence-corrected chi connectivity index (χ1v) is 12.3. The smallest absolute Gasteiger partial charge is 0.414 e. The highest BCUT2D eigenvalue weighted by atomic mass is 35.5. The van der Waals surface area contributed by atoms with E-state index in [4.69, 9.17) is 21.3 Å². The number of fused-ring (bicyclic) bond motifs is 3. The van der Waals surface area contributed by atoms with Crippen molar-refractivity contribution in [2.75, 3.05) is 12.0 Å². The molecule has 10 heteroatoms. The number of aliphatic carboxylic acids is 1. The van der Waals surface area contributed by atoms with Crippen molar-refractivity contribution in [1.82, 2.24) is 19.5 Å². The van der Waals surface area contributed by atoms with Crippen molar-refractivity contribution in [3.63, 3.8) is 0 Å². The number of nitrogens with zero attached hydrogens (tertiary/aromatic N) is 5. The quantitative estimate of drug-likeness (QED) is 0.551. The molecule has 35 heavy (non-hydrogen) atoms. The number of hydrogen-bond donors (Lipinski definition) is 1. The predicted octanol–water partition coefficient (Wildman–Crippen LogP) is 4.79. The Labute approximate surface area is 208 Å². The van der Waals surface area contributed by atoms with E-state index in [-0.39, 0.29) is 24.1 Å². The van der Waals surface area contributed by atoms with Crippen LogP contribution < -0.4 is 4.90 Å². The van der Waals surface area contributed by atoms with Gasteiger partial charge in [-0.15, -0.1) is 0 Å². The number of hydrogen-bond acceptors (Lipinski definition) is 6. The van der Waals surface area contributed by atoms with Crippen molar-refractivity contribution in [3.8, 4) is 0 Å². The second-order valence-electron chi connectivity index (χ2n) is 9.42. The number of rotatable bonds is 4. The fourth-order valence-electron chi connectivity index (χ4n) is 5.57. The molecule has 5 rings (SSSR count). The monoisotopic (exact) mass is 497 g/mol. The first-order chi connectivity index (χ1) is 16.9. The number of benzene rings is 1. The van der Waals surface area contributed by atoms with Crippen molar-refractivity contribution < 1.29 is 19.4 Å². The number of halogens is 1. The van der Waals surface area contributed by atoms with Gasteiger partial charge in [-0.05, 0) is 51.2 Å². The average Bonchev–Trinajstić information content (AvgIpc) is 3.23. The van der Waals surface area contributed by atoms with Crippen molar-refractivity contribution in [2.45, 2.75) is 64.0 Å². The fraction of sp³-hybridized carbons (Fsp3) is 0.480. The van der Waals surface area contributed by atoms with E-state index in [1.807, 2.05) is 19.1 Å². The van der Waals surface area contributed by atoms with Crippen molar-refractivity contribution in [2.24, 2.45) is 5.92 Å². The van der Waals surface area contributed by atoms with Gasteiger partial charge < -0.3 is 14.4 Å². The Hall–Kier alpha value is -3.20. The third-order valence-corrected chi connectivity index (χ3v) is 7.47. The summed E-state index contributed by atoms with van der Waals surface area (Å²) in [5, 5.41) is 10.0. The van der Waals surface area contributed by atoms with E-state index < -0.39 is 5.97 Å². The molecule has 1 aliphatic carbocycles. The largest absolute Gasteiger partial charge is 0.481 e. The molecule has 1 amide bonds. The molecule has 3 atom stereocenters. The third-order valence-electron chi connectivity index (χ3n) is 7.27. The molecule has 1 fully saturated rings. The van der Waals surface area contributed by atoms with Crippen molar-refractivity contribution >= 4 is 40.4 Å². The van der Waals surface area contributed by atoms with Gasteiger partial charge in [0.2, 0.25) is 0 Å². The highest BCUT2D eigenvalue weighted by molar-refractivity contribution is 6.29. The van der Waals surface area contributed by atoms with Crippen molar-refractivity contribution in [3.05, 3.63) is 46.8 Å². The Bertz CT molecular complexity index is 1280. The van der Waals surface area contributed by atoms with Gasteiger partial charge >= 0.3 is 12.1 Å². The molecule has 2 aliphatic rings. The molecule has 9 nitrogen and oxygen atoms in total. The number of carbonyl (C=O) groups excluding carboxylic acids is 1. The second kappa shape index (κ2) is 9.45. The summed E-state index contributed by atoms with van der Waals surface area (Å²) in [5.74, 6) is -0.309. The number of aromatic nitrogens is 4. The molecule has 1 N–H and O–H groups in total. The van der Waals surface area contributed by atoms with Gasteiger partial charge in [-0.2, -0.15) is 0 Å². The van der Waals surface area contributed by atoms with Crippen molar-refractivity contribution in [1.29, 1.82) is 0 Å². The van der Waals surface area contributed by atoms with Crippen LogP contribution in [0.1, 0.15) is 62.2 Å². The van der Waals surface area contributed by atoms with Crippen LogP contribution in [0, 0.1) is 5.92 Å². The number of carbonyl (C=O) groups is 2. The van der Waals surface area contributed by atoms with Crippen LogP contribution in [-0.4, -0.2) is 49.8 Å². The molecule has 3 heterocycles. The zero-order valence-corrected chi connectivity index (χ0v) is 20.5. The Kier molecular flexibility index (Phi) is 6.35. The van der Waals surface area contributed by atoms with Gasteiger partial charge in [0, 0.05) is 24.1 Å². The summed E-state index contributed by atoms with van der Waals surface area (Å²) in [6, 6.07) is 4.00. The molecular formula is C25H28ClN5O4. The fourth-order valence-corrected chi connectivity index (χ4v) is 5.67. The summed E-state index contributed by atoms with van der Waals surface area (Å²) < 4.78 is 7.25. The van der Waals surface area contributed by atoms with Crippen LogP contribution in [-0.2, 0) is 22.4 Å². The van der Waals surface area contributed by atoms with Gasteiger partial charge in [0.25, 0.3) is 0 Å². The van der Waals surface area contributed by atoms with Crippen LogP contribution in [0.3, 0.4) is 0 Å². The molecule has 0 radical (unpaired) electrons. The minimum Gasteiger partial charge on any atom is -0.481 e. The number of carboxylic acids is 1. The standard InChI is InChI=1S/C25H28ClN5O4/c1-14-6-7-18-19(30(14)25(34)35-2)8-9-20-23(18)29-22(11-16-12-28-21(26)13-27-16)31(20)17-5-3-4-15(10-17)24(32)33/h8-9,12-15,17H,3-7,10-11H2,1-2H3,(H,32,33)/t14-,15+,17+/m0/s1. The lowest BCUT2D eigenvalue weighted by Gasteiger charge is -2.34. The summed E-state index contributed by atoms with van der Waals surface area (Å²) in [5.41, 5.74) is 4.36. The van der Waals surface area contributed by atoms with Gasteiger partial charge in [-0.25, -0.2) is 14.8 Å². The number of aryl methyl sites for hydroxylation is 1. The van der Waals surface area contributed by atoms with Gasteiger partial charge in [-0.1, -0.05) is 18.0 Å². The molecule has 0 saturated heterocycles. The topological polar surface area (TPSA) is 110 Å². The lowest BCUT2D eigenvalue weighted by molar-refractivity contribution is -0.143. The summed E-state index contributed by atoms with van der Waals surface area (Å²) >= 11 is 5.93. The number of carboxylic acid groups (broad SMARTS) is 1. The first kappa shape index (κ1) is 23.5. The van der Waals surface area contributed by atoms with Crippen LogP contribution >= 0.6 is 11.6 Å². The third kappa shape index (κ3) is 4.33. The van der Waals surface area contributed by atoms with Crippen LogP contribution in [0.5, 0.6) is 0 Å². The average molecular weight is 498 g/mol. The summed E-state index contributed by atoms with van der Waals surface area (Å²) in [4.78, 5) is 39.7. The number of anilines is 1. The maximum atomic E-state index is 12.6. The van der Waals surface area contributed by atoms with E-state index in [0.29, 0.717) is 24.4 Å². The minimum atomic E-state index is -0.746. The predicted molar refractivity (Wildman–Crippen MR) is 131 cm³/mol. The number of methoxy groups -OCH3 is 1. The highest BCUT2D eigenvalue weighted by Crippen LogP contribution is 2.40. The number of imidazole rings is 1. The van der Waals surface area contributed by atoms with Gasteiger partial charge in [-0.3, -0.25) is 14.7 Å². The van der Waals surface area contributed by atoms with E-state index in [2.05, 4.69) is 14.5 Å². The van der Waals surface area contributed by atoms with Crippen LogP contribution in [0.25, 0.3) is 11.0 Å². The molecular weight excluding hydrogens is 470 g/mol. The van der Waals surface area contributed by atoms with E-state index in [0.717, 1.165) is 59.5 Å². The van der Waals surface area contributed by atoms with E-state index in [1.54, 1.807) is 11.1 Å². The van der Waals surface area contributed by atoms with Crippen LogP contribution in [0.2, 0.25) is 5.15 Å². The summed E-state index contributed by atoms with van der Waals surface area (Å²) in [6.07, 6.45) is 7.80. The Morgan fingerprint density at radius 1 is 1.20 bits per heavy atom. The number of amides is 1. The lowest BCUT2D eigenvalue weighted by Crippen LogP contribution is -2.42. The SMILES string of the molecule is COC(=O)N1c2ccc3c(nc(Cc4cnc(Cl)cn4)n3[C@@H]3CCC[C@@H](C(=O)O)C3)c2CC[C@@H]1C. The molecule has 3 aromatic rings. The zero-order chi connectivity index (χ0) is 24.7. The van der Waals surface area contributed by atoms with Gasteiger partial charge in [0.15, 0.2) is 0 Å². The zero-order valence-electron chi connectivity index (χ0n) is 19.8. The highest BCUT2D eigenvalue weighted by Gasteiger charge is 2.34. The molecule has 0 unspecified atom stereocenters. The Morgan fingerprint density at radius 3 is 2.74 bits per heavy atom. The maximum Gasteiger partial charge on any atom is 0.414 e. The minimum absolute atomic E-state index is 0.0161. The molecule has 184 valence electrons. The first-order valence-electron chi connectivity index (χ1n) is 12.0. The molecule has 1 aliphatic heterocycles. The molecule has 1 aromatic carbocycles. The van der Waals surface area contributed by atoms with Crippen LogP contribution in [0.15, 0.2) is 24.5 Å². The molecule has 2 aromatic heterocycles. The summed E-state index contributed by atoms with van der Waals surface area (Å²) in [7, 11) is 1.39. The van der Waals surface area contributed by atoms with Crippen LogP contribution in [0.4, 0.5) is 10.5 Å². The normalized spacial score (nSPS) is 22.1. The molecule has 0 spiro atoms. The van der Waals surface area contributed by atoms with E-state index >= 15 is 0 Å². The second-order valence-corrected chi connectivity index (χ2v) is 9.81. The Balaban J connectivity index is 1.65. The lowest BCUT2D eigenvalue weighted by atomic mass is 9.85. The molecule has 0 bridgehead atoms. The molecule has 1 saturated carbocycles. The maximum absolute atomic E-state index is 12.6. The van der Waals surface area contributed by atoms with E-state index in [1.165, 1.54) is 13.3 Å².